The van der Waals surface area contributed by atoms with Gasteiger partial charge in [-0.2, -0.15) is 0 Å². The normalized spacial score (nSPS) is 18.3. The van der Waals surface area contributed by atoms with Crippen molar-refractivity contribution in [1.29, 1.82) is 0 Å². The van der Waals surface area contributed by atoms with E-state index in [9.17, 15) is 9.59 Å². The largest absolute Gasteiger partial charge is 0.497 e. The van der Waals surface area contributed by atoms with Crippen molar-refractivity contribution in [3.05, 3.63) is 29.8 Å². The molecule has 0 aromatic heterocycles. The number of amides is 2. The zero-order valence-electron chi connectivity index (χ0n) is 16.5. The lowest BCUT2D eigenvalue weighted by atomic mass is 10.0. The van der Waals surface area contributed by atoms with E-state index in [1.54, 1.807) is 12.0 Å². The standard InChI is InChI=1S/C21H32N2O3/c1-15(2)6-5-7-16(3)22-21(25)18-12-20(24)23(14-18)13-17-8-10-19(26-4)11-9-17/h8-11,15-16,18H,5-7,12-14H2,1-4H3,(H,22,25). The van der Waals surface area contributed by atoms with Crippen LogP contribution in [-0.2, 0) is 16.1 Å². The summed E-state index contributed by atoms with van der Waals surface area (Å²) in [4.78, 5) is 26.5. The highest BCUT2D eigenvalue weighted by Crippen LogP contribution is 2.22. The Morgan fingerprint density at radius 2 is 1.92 bits per heavy atom. The Balaban J connectivity index is 1.80. The molecule has 2 unspecified atom stereocenters. The summed E-state index contributed by atoms with van der Waals surface area (Å²) in [5, 5.41) is 3.08. The number of nitrogens with zero attached hydrogens (tertiary/aromatic N) is 1. The molecule has 5 heteroatoms. The molecule has 2 rings (SSSR count). The van der Waals surface area contributed by atoms with Crippen molar-refractivity contribution in [2.75, 3.05) is 13.7 Å². The molecule has 2 atom stereocenters. The van der Waals surface area contributed by atoms with E-state index in [2.05, 4.69) is 19.2 Å². The Morgan fingerprint density at radius 1 is 1.23 bits per heavy atom. The van der Waals surface area contributed by atoms with Crippen LogP contribution < -0.4 is 10.1 Å². The molecule has 1 aromatic rings. The summed E-state index contributed by atoms with van der Waals surface area (Å²) in [7, 11) is 1.63. The highest BCUT2D eigenvalue weighted by Gasteiger charge is 2.34. The van der Waals surface area contributed by atoms with E-state index in [0.717, 1.165) is 24.2 Å². The minimum Gasteiger partial charge on any atom is -0.497 e. The Kier molecular flexibility index (Phi) is 7.49. The third-order valence-electron chi connectivity index (χ3n) is 4.93. The third-order valence-corrected chi connectivity index (χ3v) is 4.93. The van der Waals surface area contributed by atoms with Gasteiger partial charge in [0.05, 0.1) is 13.0 Å². The van der Waals surface area contributed by atoms with Crippen LogP contribution in [0.5, 0.6) is 5.75 Å². The van der Waals surface area contributed by atoms with E-state index in [4.69, 9.17) is 4.74 Å². The van der Waals surface area contributed by atoms with Crippen molar-refractivity contribution >= 4 is 11.8 Å². The van der Waals surface area contributed by atoms with Crippen LogP contribution >= 0.6 is 0 Å². The average Bonchev–Trinajstić information content (AvgIpc) is 2.96. The highest BCUT2D eigenvalue weighted by molar-refractivity contribution is 5.89. The fraction of sp³-hybridized carbons (Fsp3) is 0.619. The first-order valence-electron chi connectivity index (χ1n) is 9.60. The maximum atomic E-state index is 12.5. The summed E-state index contributed by atoms with van der Waals surface area (Å²) in [5.41, 5.74) is 1.04. The fourth-order valence-corrected chi connectivity index (χ4v) is 3.32. The molecule has 0 saturated carbocycles. The van der Waals surface area contributed by atoms with E-state index in [0.29, 0.717) is 25.4 Å². The van der Waals surface area contributed by atoms with Gasteiger partial charge in [0, 0.05) is 25.6 Å². The summed E-state index contributed by atoms with van der Waals surface area (Å²) >= 11 is 0. The second-order valence-corrected chi connectivity index (χ2v) is 7.76. The lowest BCUT2D eigenvalue weighted by molar-refractivity contribution is -0.129. The number of likely N-dealkylation sites (tertiary alicyclic amines) is 1. The molecule has 2 amide bonds. The second-order valence-electron chi connectivity index (χ2n) is 7.76. The maximum absolute atomic E-state index is 12.5. The first kappa shape index (κ1) is 20.3. The van der Waals surface area contributed by atoms with Crippen molar-refractivity contribution < 1.29 is 14.3 Å². The number of carbonyl (C=O) groups is 2. The molecule has 1 saturated heterocycles. The molecule has 1 aromatic carbocycles. The molecule has 0 radical (unpaired) electrons. The molecule has 26 heavy (non-hydrogen) atoms. The van der Waals surface area contributed by atoms with Crippen molar-refractivity contribution in [1.82, 2.24) is 10.2 Å². The van der Waals surface area contributed by atoms with E-state index < -0.39 is 0 Å². The van der Waals surface area contributed by atoms with E-state index in [1.807, 2.05) is 31.2 Å². The summed E-state index contributed by atoms with van der Waals surface area (Å²) < 4.78 is 5.15. The minimum atomic E-state index is -0.242. The van der Waals surface area contributed by atoms with E-state index in [-0.39, 0.29) is 23.8 Å². The highest BCUT2D eigenvalue weighted by atomic mass is 16.5. The summed E-state index contributed by atoms with van der Waals surface area (Å²) in [5.74, 6) is 1.30. The first-order valence-corrected chi connectivity index (χ1v) is 9.60. The zero-order valence-corrected chi connectivity index (χ0v) is 16.5. The molecule has 1 aliphatic heterocycles. The quantitative estimate of drug-likeness (QED) is 0.734. The van der Waals surface area contributed by atoms with Gasteiger partial charge < -0.3 is 15.0 Å². The average molecular weight is 360 g/mol. The summed E-state index contributed by atoms with van der Waals surface area (Å²) in [6.07, 6.45) is 3.59. The van der Waals surface area contributed by atoms with Crippen LogP contribution in [0.1, 0.15) is 52.0 Å². The molecule has 1 fully saturated rings. The van der Waals surface area contributed by atoms with Crippen LogP contribution in [-0.4, -0.2) is 36.4 Å². The number of methoxy groups -OCH3 is 1. The van der Waals surface area contributed by atoms with Gasteiger partial charge in [0.25, 0.3) is 0 Å². The Hall–Kier alpha value is -2.04. The number of hydrogen-bond acceptors (Lipinski definition) is 3. The Bertz CT molecular complexity index is 598. The monoisotopic (exact) mass is 360 g/mol. The molecular formula is C21H32N2O3. The minimum absolute atomic E-state index is 0.00706. The molecule has 0 spiro atoms. The number of benzene rings is 1. The predicted molar refractivity (Wildman–Crippen MR) is 103 cm³/mol. The van der Waals surface area contributed by atoms with Gasteiger partial charge in [-0.3, -0.25) is 9.59 Å². The van der Waals surface area contributed by atoms with Crippen LogP contribution in [0.4, 0.5) is 0 Å². The van der Waals surface area contributed by atoms with E-state index >= 15 is 0 Å². The molecule has 5 nitrogen and oxygen atoms in total. The van der Waals surface area contributed by atoms with Crippen LogP contribution in [0.3, 0.4) is 0 Å². The van der Waals surface area contributed by atoms with Crippen molar-refractivity contribution in [3.8, 4) is 5.75 Å². The van der Waals surface area contributed by atoms with Crippen LogP contribution in [0.15, 0.2) is 24.3 Å². The SMILES string of the molecule is COc1ccc(CN2CC(C(=O)NC(C)CCCC(C)C)CC2=O)cc1. The number of hydrogen-bond donors (Lipinski definition) is 1. The molecule has 1 heterocycles. The number of rotatable bonds is 9. The van der Waals surface area contributed by atoms with Crippen LogP contribution in [0.25, 0.3) is 0 Å². The number of carbonyl (C=O) groups excluding carboxylic acids is 2. The van der Waals surface area contributed by atoms with Gasteiger partial charge in [0.15, 0.2) is 0 Å². The van der Waals surface area contributed by atoms with Gasteiger partial charge >= 0.3 is 0 Å². The smallest absolute Gasteiger partial charge is 0.225 e. The molecule has 1 aliphatic rings. The van der Waals surface area contributed by atoms with Crippen molar-refractivity contribution in [2.45, 2.75) is 59.0 Å². The van der Waals surface area contributed by atoms with Gasteiger partial charge in [-0.1, -0.05) is 38.8 Å². The molecular weight excluding hydrogens is 328 g/mol. The third kappa shape index (κ3) is 6.04. The van der Waals surface area contributed by atoms with Gasteiger partial charge in [-0.15, -0.1) is 0 Å². The number of ether oxygens (including phenoxy) is 1. The first-order chi connectivity index (χ1) is 12.4. The van der Waals surface area contributed by atoms with Crippen LogP contribution in [0.2, 0.25) is 0 Å². The summed E-state index contributed by atoms with van der Waals surface area (Å²) in [6.45, 7) is 7.51. The molecule has 0 aliphatic carbocycles. The van der Waals surface area contributed by atoms with Crippen molar-refractivity contribution in [2.24, 2.45) is 11.8 Å². The number of nitrogens with one attached hydrogen (secondary N) is 1. The fourth-order valence-electron chi connectivity index (χ4n) is 3.32. The molecule has 1 N–H and O–H groups in total. The van der Waals surface area contributed by atoms with Crippen molar-refractivity contribution in [3.63, 3.8) is 0 Å². The van der Waals surface area contributed by atoms with Gasteiger partial charge in [0.2, 0.25) is 11.8 Å². The maximum Gasteiger partial charge on any atom is 0.225 e. The van der Waals surface area contributed by atoms with Gasteiger partial charge in [0.1, 0.15) is 5.75 Å². The second kappa shape index (κ2) is 9.60. The Morgan fingerprint density at radius 3 is 2.54 bits per heavy atom. The lowest BCUT2D eigenvalue weighted by Gasteiger charge is -2.19. The zero-order chi connectivity index (χ0) is 19.1. The van der Waals surface area contributed by atoms with Gasteiger partial charge in [-0.25, -0.2) is 0 Å². The Labute approximate surface area is 157 Å². The van der Waals surface area contributed by atoms with Crippen LogP contribution in [0, 0.1) is 11.8 Å². The van der Waals surface area contributed by atoms with E-state index in [1.165, 1.54) is 6.42 Å². The summed E-state index contributed by atoms with van der Waals surface area (Å²) in [6, 6.07) is 7.84. The van der Waals surface area contributed by atoms with Gasteiger partial charge in [-0.05, 0) is 37.0 Å². The predicted octanol–water partition coefficient (Wildman–Crippen LogP) is 3.37. The topological polar surface area (TPSA) is 58.6 Å². The molecule has 0 bridgehead atoms. The lowest BCUT2D eigenvalue weighted by Crippen LogP contribution is -2.38. The molecule has 144 valence electrons.